The molecule has 5 rings (SSSR count). The number of phenolic OH excluding ortho intramolecular Hbond substituents is 1. The van der Waals surface area contributed by atoms with E-state index < -0.39 is 0 Å². The maximum Gasteiger partial charge on any atom is 0.119 e. The number of rotatable bonds is 3. The van der Waals surface area contributed by atoms with Crippen molar-refractivity contribution in [2.45, 2.75) is 51.9 Å². The summed E-state index contributed by atoms with van der Waals surface area (Å²) in [4.78, 5) is 0. The highest BCUT2D eigenvalue weighted by Gasteiger charge is 2.49. The molecule has 0 spiro atoms. The van der Waals surface area contributed by atoms with Crippen LogP contribution in [0.5, 0.6) is 5.75 Å². The second kappa shape index (κ2) is 4.90. The van der Waals surface area contributed by atoms with Crippen LogP contribution in [0.3, 0.4) is 0 Å². The first-order valence-corrected chi connectivity index (χ1v) is 8.58. The van der Waals surface area contributed by atoms with E-state index in [2.05, 4.69) is 25.1 Å². The molecule has 0 aromatic heterocycles. The fourth-order valence-electron chi connectivity index (χ4n) is 5.70. The fraction of sp³-hybridized carbons (Fsp3) is 0.600. The minimum absolute atomic E-state index is 0.441. The highest BCUT2D eigenvalue weighted by molar-refractivity contribution is 5.37. The maximum atomic E-state index is 9.96. The molecule has 0 saturated heterocycles. The molecule has 4 aliphatic carbocycles. The van der Waals surface area contributed by atoms with Crippen LogP contribution < -0.4 is 0 Å². The van der Waals surface area contributed by atoms with Gasteiger partial charge in [-0.1, -0.05) is 29.8 Å². The van der Waals surface area contributed by atoms with Gasteiger partial charge in [-0.05, 0) is 86.7 Å². The third-order valence-corrected chi connectivity index (χ3v) is 6.13. The molecule has 0 aliphatic heterocycles. The predicted octanol–water partition coefficient (Wildman–Crippen LogP) is 5.02. The highest BCUT2D eigenvalue weighted by Crippen LogP contribution is 2.60. The van der Waals surface area contributed by atoms with E-state index in [1.807, 2.05) is 12.1 Å². The zero-order valence-corrected chi connectivity index (χ0v) is 13.0. The van der Waals surface area contributed by atoms with Crippen molar-refractivity contribution in [2.24, 2.45) is 23.2 Å². The molecule has 1 nitrogen and oxygen atoms in total. The normalized spacial score (nSPS) is 37.5. The quantitative estimate of drug-likeness (QED) is 0.772. The average molecular weight is 282 g/mol. The Bertz CT molecular complexity index is 534. The highest BCUT2D eigenvalue weighted by atomic mass is 16.3. The van der Waals surface area contributed by atoms with Crippen LogP contribution in [-0.4, -0.2) is 5.11 Å². The summed E-state index contributed by atoms with van der Waals surface area (Å²) in [6.45, 7) is 2.09. The second-order valence-corrected chi connectivity index (χ2v) is 8.02. The summed E-state index contributed by atoms with van der Waals surface area (Å²) >= 11 is 0. The Labute approximate surface area is 128 Å². The van der Waals surface area contributed by atoms with Gasteiger partial charge < -0.3 is 5.11 Å². The number of aryl methyl sites for hydroxylation is 1. The van der Waals surface area contributed by atoms with Crippen molar-refractivity contribution in [3.63, 3.8) is 0 Å². The first kappa shape index (κ1) is 13.4. The molecule has 4 fully saturated rings. The SMILES string of the molecule is Cc1ccc(O)c(CC=CC23CC4CC(CC(C4)C2)C3)c1. The first-order valence-electron chi connectivity index (χ1n) is 8.58. The lowest BCUT2D eigenvalue weighted by atomic mass is 9.49. The molecular weight excluding hydrogens is 256 g/mol. The van der Waals surface area contributed by atoms with E-state index in [9.17, 15) is 5.11 Å². The maximum absolute atomic E-state index is 9.96. The lowest BCUT2D eigenvalue weighted by Crippen LogP contribution is -2.44. The Balaban J connectivity index is 1.49. The Morgan fingerprint density at radius 3 is 2.33 bits per heavy atom. The molecule has 4 saturated carbocycles. The number of benzene rings is 1. The molecule has 1 aromatic carbocycles. The Kier molecular flexibility index (Phi) is 3.13. The van der Waals surface area contributed by atoms with Crippen LogP contribution in [-0.2, 0) is 6.42 Å². The van der Waals surface area contributed by atoms with E-state index in [-0.39, 0.29) is 0 Å². The van der Waals surface area contributed by atoms with Crippen molar-refractivity contribution >= 4 is 0 Å². The Morgan fingerprint density at radius 2 is 1.71 bits per heavy atom. The molecule has 21 heavy (non-hydrogen) atoms. The molecule has 0 atom stereocenters. The Morgan fingerprint density at radius 1 is 1.10 bits per heavy atom. The third-order valence-electron chi connectivity index (χ3n) is 6.13. The third kappa shape index (κ3) is 2.52. The van der Waals surface area contributed by atoms with Crippen LogP contribution in [0.25, 0.3) is 0 Å². The molecular formula is C20H26O. The van der Waals surface area contributed by atoms with Gasteiger partial charge in [-0.15, -0.1) is 0 Å². The Hall–Kier alpha value is -1.24. The van der Waals surface area contributed by atoms with Crippen molar-refractivity contribution in [1.82, 2.24) is 0 Å². The second-order valence-electron chi connectivity index (χ2n) is 8.02. The monoisotopic (exact) mass is 282 g/mol. The smallest absolute Gasteiger partial charge is 0.119 e. The van der Waals surface area contributed by atoms with Crippen molar-refractivity contribution in [1.29, 1.82) is 0 Å². The molecule has 1 aromatic rings. The van der Waals surface area contributed by atoms with Crippen LogP contribution in [0.4, 0.5) is 0 Å². The molecule has 112 valence electrons. The van der Waals surface area contributed by atoms with Gasteiger partial charge in [0.1, 0.15) is 5.75 Å². The lowest BCUT2D eigenvalue weighted by Gasteiger charge is -2.56. The number of phenols is 1. The molecule has 4 aliphatic rings. The zero-order valence-electron chi connectivity index (χ0n) is 13.0. The summed E-state index contributed by atoms with van der Waals surface area (Å²) in [5.74, 6) is 3.46. The van der Waals surface area contributed by atoms with E-state index in [1.165, 1.54) is 44.1 Å². The summed E-state index contributed by atoms with van der Waals surface area (Å²) in [5, 5.41) is 9.96. The predicted molar refractivity (Wildman–Crippen MR) is 86.3 cm³/mol. The van der Waals surface area contributed by atoms with E-state index in [1.54, 1.807) is 0 Å². The van der Waals surface area contributed by atoms with Crippen LogP contribution in [0.15, 0.2) is 30.4 Å². The number of aromatic hydroxyl groups is 1. The van der Waals surface area contributed by atoms with Gasteiger partial charge in [0, 0.05) is 0 Å². The number of hydrogen-bond acceptors (Lipinski definition) is 1. The summed E-state index contributed by atoms with van der Waals surface area (Å²) in [5.41, 5.74) is 2.80. The van der Waals surface area contributed by atoms with E-state index in [4.69, 9.17) is 0 Å². The largest absolute Gasteiger partial charge is 0.508 e. The zero-order chi connectivity index (χ0) is 14.4. The summed E-state index contributed by atoms with van der Waals surface area (Å²) < 4.78 is 0. The van der Waals surface area contributed by atoms with Crippen molar-refractivity contribution in [3.8, 4) is 5.75 Å². The molecule has 1 N–H and O–H groups in total. The molecule has 1 heteroatoms. The van der Waals surface area contributed by atoms with Crippen LogP contribution in [0.2, 0.25) is 0 Å². The standard InChI is InChI=1S/C20H26O/c1-14-4-5-19(21)18(7-14)3-2-6-20-11-15-8-16(12-20)10-17(9-15)13-20/h2,4-7,15-17,21H,3,8-13H2,1H3. The van der Waals surface area contributed by atoms with Gasteiger partial charge in [-0.25, -0.2) is 0 Å². The van der Waals surface area contributed by atoms with Gasteiger partial charge in [0.25, 0.3) is 0 Å². The van der Waals surface area contributed by atoms with Crippen molar-refractivity contribution in [2.75, 3.05) is 0 Å². The van der Waals surface area contributed by atoms with Gasteiger partial charge in [0.2, 0.25) is 0 Å². The number of hydrogen-bond donors (Lipinski definition) is 1. The van der Waals surface area contributed by atoms with Gasteiger partial charge in [-0.2, -0.15) is 0 Å². The molecule has 4 bridgehead atoms. The van der Waals surface area contributed by atoms with Gasteiger partial charge in [-0.3, -0.25) is 0 Å². The first-order chi connectivity index (χ1) is 10.1. The van der Waals surface area contributed by atoms with Crippen LogP contribution in [0, 0.1) is 30.1 Å². The summed E-state index contributed by atoms with van der Waals surface area (Å²) in [6.07, 6.45) is 14.5. The van der Waals surface area contributed by atoms with Gasteiger partial charge >= 0.3 is 0 Å². The van der Waals surface area contributed by atoms with Crippen molar-refractivity contribution in [3.05, 3.63) is 41.5 Å². The molecule has 0 radical (unpaired) electrons. The van der Waals surface area contributed by atoms with Gasteiger partial charge in [0.15, 0.2) is 0 Å². The fourth-order valence-corrected chi connectivity index (χ4v) is 5.70. The van der Waals surface area contributed by atoms with E-state index in [0.717, 1.165) is 29.7 Å². The molecule has 0 amide bonds. The molecule has 0 unspecified atom stereocenters. The molecule has 0 heterocycles. The summed E-state index contributed by atoms with van der Waals surface area (Å²) in [7, 11) is 0. The number of allylic oxidation sites excluding steroid dienone is 2. The minimum atomic E-state index is 0.441. The van der Waals surface area contributed by atoms with E-state index in [0.29, 0.717) is 11.2 Å². The topological polar surface area (TPSA) is 20.2 Å². The van der Waals surface area contributed by atoms with Crippen LogP contribution in [0.1, 0.15) is 49.7 Å². The van der Waals surface area contributed by atoms with Crippen LogP contribution >= 0.6 is 0 Å². The summed E-state index contributed by atoms with van der Waals surface area (Å²) in [6, 6.07) is 5.91. The minimum Gasteiger partial charge on any atom is -0.508 e. The van der Waals surface area contributed by atoms with Gasteiger partial charge in [0.05, 0.1) is 0 Å². The van der Waals surface area contributed by atoms with Crippen molar-refractivity contribution < 1.29 is 5.11 Å². The average Bonchev–Trinajstić information content (AvgIpc) is 2.41. The lowest BCUT2D eigenvalue weighted by molar-refractivity contribution is -0.0238. The van der Waals surface area contributed by atoms with E-state index >= 15 is 0 Å².